The highest BCUT2D eigenvalue weighted by molar-refractivity contribution is 5.99. The Labute approximate surface area is 242 Å². The van der Waals surface area contributed by atoms with Crippen molar-refractivity contribution in [1.82, 2.24) is 14.7 Å². The van der Waals surface area contributed by atoms with E-state index in [1.807, 2.05) is 63.2 Å². The third kappa shape index (κ3) is 7.28. The number of ether oxygens (including phenoxy) is 1. The van der Waals surface area contributed by atoms with E-state index in [0.29, 0.717) is 22.9 Å². The van der Waals surface area contributed by atoms with E-state index in [2.05, 4.69) is 10.6 Å². The van der Waals surface area contributed by atoms with Gasteiger partial charge in [0.05, 0.1) is 24.1 Å². The maximum absolute atomic E-state index is 13.5. The number of nitrogens with zero attached hydrogens (tertiary/aromatic N) is 3. The smallest absolute Gasteiger partial charge is 0.416 e. The summed E-state index contributed by atoms with van der Waals surface area (Å²) in [6.07, 6.45) is -4.49. The minimum absolute atomic E-state index is 0.0168. The lowest BCUT2D eigenvalue weighted by Crippen LogP contribution is -2.42. The fraction of sp³-hybridized carbons (Fsp3) is 0.258. The van der Waals surface area contributed by atoms with Gasteiger partial charge in [0.1, 0.15) is 18.1 Å². The lowest BCUT2D eigenvalue weighted by atomic mass is 10.1. The first kappa shape index (κ1) is 30.2. The SMILES string of the molecule is COc1ccc(-n2nc(C)c(-c3ccccc3)c2NC(=O)CN(CC(C)C)C(=O)Nc2ccc(C(F)(F)F)cc2)cc1. The summed E-state index contributed by atoms with van der Waals surface area (Å²) >= 11 is 0. The third-order valence-corrected chi connectivity index (χ3v) is 6.37. The molecule has 42 heavy (non-hydrogen) atoms. The van der Waals surface area contributed by atoms with Gasteiger partial charge in [-0.05, 0) is 66.9 Å². The van der Waals surface area contributed by atoms with E-state index < -0.39 is 23.7 Å². The topological polar surface area (TPSA) is 88.5 Å². The Kier molecular flexibility index (Phi) is 9.19. The largest absolute Gasteiger partial charge is 0.497 e. The molecule has 0 aliphatic heterocycles. The molecule has 220 valence electrons. The van der Waals surface area contributed by atoms with Crippen molar-refractivity contribution < 1.29 is 27.5 Å². The van der Waals surface area contributed by atoms with Crippen molar-refractivity contribution in [3.63, 3.8) is 0 Å². The van der Waals surface area contributed by atoms with Gasteiger partial charge in [0.25, 0.3) is 0 Å². The number of hydrogen-bond acceptors (Lipinski definition) is 4. The number of nitrogens with one attached hydrogen (secondary N) is 2. The predicted octanol–water partition coefficient (Wildman–Crippen LogP) is 7.00. The fourth-order valence-electron chi connectivity index (χ4n) is 4.45. The molecule has 0 spiro atoms. The minimum Gasteiger partial charge on any atom is -0.497 e. The van der Waals surface area contributed by atoms with Crippen molar-refractivity contribution in [1.29, 1.82) is 0 Å². The number of methoxy groups -OCH3 is 1. The lowest BCUT2D eigenvalue weighted by Gasteiger charge is -2.25. The number of carbonyl (C=O) groups is 2. The van der Waals surface area contributed by atoms with Crippen LogP contribution in [0.1, 0.15) is 25.1 Å². The van der Waals surface area contributed by atoms with E-state index in [-0.39, 0.29) is 24.7 Å². The van der Waals surface area contributed by atoms with Crippen LogP contribution in [0.25, 0.3) is 16.8 Å². The van der Waals surface area contributed by atoms with Crippen LogP contribution < -0.4 is 15.4 Å². The van der Waals surface area contributed by atoms with Crippen LogP contribution >= 0.6 is 0 Å². The molecule has 3 aromatic carbocycles. The Bertz CT molecular complexity index is 1520. The molecular formula is C31H32F3N5O3. The van der Waals surface area contributed by atoms with Crippen molar-refractivity contribution >= 4 is 23.4 Å². The molecule has 3 amide bonds. The molecule has 1 heterocycles. The lowest BCUT2D eigenvalue weighted by molar-refractivity contribution is -0.137. The molecule has 0 atom stereocenters. The number of alkyl halides is 3. The highest BCUT2D eigenvalue weighted by Crippen LogP contribution is 2.34. The molecule has 0 aliphatic carbocycles. The second-order valence-electron chi connectivity index (χ2n) is 10.1. The van der Waals surface area contributed by atoms with Gasteiger partial charge in [-0.25, -0.2) is 9.48 Å². The molecular weight excluding hydrogens is 547 g/mol. The van der Waals surface area contributed by atoms with Gasteiger partial charge in [0.2, 0.25) is 5.91 Å². The molecule has 0 fully saturated rings. The van der Waals surface area contributed by atoms with Crippen LogP contribution in [0.4, 0.5) is 29.5 Å². The second kappa shape index (κ2) is 12.8. The third-order valence-electron chi connectivity index (χ3n) is 6.37. The maximum Gasteiger partial charge on any atom is 0.416 e. The Morgan fingerprint density at radius 3 is 2.17 bits per heavy atom. The number of urea groups is 1. The maximum atomic E-state index is 13.5. The van der Waals surface area contributed by atoms with Crippen LogP contribution in [0.15, 0.2) is 78.9 Å². The summed E-state index contributed by atoms with van der Waals surface area (Å²) < 4.78 is 45.7. The number of halogens is 3. The molecule has 0 aliphatic rings. The zero-order chi connectivity index (χ0) is 30.4. The number of aromatic nitrogens is 2. The first-order chi connectivity index (χ1) is 20.0. The van der Waals surface area contributed by atoms with Crippen molar-refractivity contribution in [2.24, 2.45) is 5.92 Å². The number of aryl methyl sites for hydroxylation is 1. The molecule has 4 aromatic rings. The highest BCUT2D eigenvalue weighted by atomic mass is 19.4. The fourth-order valence-corrected chi connectivity index (χ4v) is 4.45. The van der Waals surface area contributed by atoms with Crippen molar-refractivity contribution in [2.75, 3.05) is 30.8 Å². The Hall–Kier alpha value is -4.80. The summed E-state index contributed by atoms with van der Waals surface area (Å²) in [5.41, 5.74) is 2.31. The molecule has 0 saturated carbocycles. The Morgan fingerprint density at radius 2 is 1.60 bits per heavy atom. The van der Waals surface area contributed by atoms with Gasteiger partial charge >= 0.3 is 12.2 Å². The molecule has 2 N–H and O–H groups in total. The summed E-state index contributed by atoms with van der Waals surface area (Å²) in [5.74, 6) is 0.648. The summed E-state index contributed by atoms with van der Waals surface area (Å²) in [5, 5.41) is 10.2. The van der Waals surface area contributed by atoms with Crippen LogP contribution in [0.3, 0.4) is 0 Å². The van der Waals surface area contributed by atoms with Crippen LogP contribution in [0.2, 0.25) is 0 Å². The molecule has 4 rings (SSSR count). The number of carbonyl (C=O) groups excluding carboxylic acids is 2. The van der Waals surface area contributed by atoms with E-state index in [1.165, 1.54) is 17.0 Å². The van der Waals surface area contributed by atoms with Crippen LogP contribution in [0.5, 0.6) is 5.75 Å². The van der Waals surface area contributed by atoms with Crippen LogP contribution in [-0.4, -0.2) is 46.8 Å². The molecule has 0 saturated heterocycles. The Morgan fingerprint density at radius 1 is 0.952 bits per heavy atom. The van der Waals surface area contributed by atoms with E-state index in [0.717, 1.165) is 23.3 Å². The number of benzene rings is 3. The molecule has 0 unspecified atom stereocenters. The van der Waals surface area contributed by atoms with Crippen molar-refractivity contribution in [2.45, 2.75) is 26.9 Å². The number of amides is 3. The summed E-state index contributed by atoms with van der Waals surface area (Å²) in [6, 6.07) is 20.2. The highest BCUT2D eigenvalue weighted by Gasteiger charge is 2.30. The molecule has 1 aromatic heterocycles. The number of hydrogen-bond donors (Lipinski definition) is 2. The quantitative estimate of drug-likeness (QED) is 0.223. The van der Waals surface area contributed by atoms with Crippen LogP contribution in [-0.2, 0) is 11.0 Å². The monoisotopic (exact) mass is 579 g/mol. The normalized spacial score (nSPS) is 11.3. The Balaban J connectivity index is 1.60. The van der Waals surface area contributed by atoms with E-state index >= 15 is 0 Å². The van der Waals surface area contributed by atoms with Gasteiger partial charge in [0, 0.05) is 17.8 Å². The van der Waals surface area contributed by atoms with Gasteiger partial charge in [-0.3, -0.25) is 4.79 Å². The van der Waals surface area contributed by atoms with Gasteiger partial charge in [-0.2, -0.15) is 18.3 Å². The van der Waals surface area contributed by atoms with Gasteiger partial charge in [-0.1, -0.05) is 44.2 Å². The molecule has 0 bridgehead atoms. The average Bonchev–Trinajstić information content (AvgIpc) is 3.27. The minimum atomic E-state index is -4.49. The zero-order valence-electron chi connectivity index (χ0n) is 23.7. The average molecular weight is 580 g/mol. The summed E-state index contributed by atoms with van der Waals surface area (Å²) in [6.45, 7) is 5.58. The van der Waals surface area contributed by atoms with Gasteiger partial charge in [0.15, 0.2) is 0 Å². The van der Waals surface area contributed by atoms with E-state index in [1.54, 1.807) is 23.9 Å². The predicted molar refractivity (Wildman–Crippen MR) is 156 cm³/mol. The second-order valence-corrected chi connectivity index (χ2v) is 10.1. The number of anilines is 2. The molecule has 0 radical (unpaired) electrons. The molecule has 11 heteroatoms. The summed E-state index contributed by atoms with van der Waals surface area (Å²) in [7, 11) is 1.57. The number of rotatable bonds is 9. The van der Waals surface area contributed by atoms with E-state index in [9.17, 15) is 22.8 Å². The van der Waals surface area contributed by atoms with Crippen LogP contribution in [0, 0.1) is 12.8 Å². The zero-order valence-corrected chi connectivity index (χ0v) is 23.7. The van der Waals surface area contributed by atoms with Gasteiger partial charge in [-0.15, -0.1) is 0 Å². The van der Waals surface area contributed by atoms with Gasteiger partial charge < -0.3 is 20.3 Å². The first-order valence-corrected chi connectivity index (χ1v) is 13.3. The standard InChI is InChI=1S/C31H32F3N5O3/c1-20(2)18-38(30(41)35-24-12-10-23(11-13-24)31(32,33)34)19-27(40)36-29-28(22-8-6-5-7-9-22)21(3)37-39(29)25-14-16-26(42-4)17-15-25/h5-17,20H,18-19H2,1-4H3,(H,35,41)(H,36,40). The molecule has 8 nitrogen and oxygen atoms in total. The van der Waals surface area contributed by atoms with E-state index in [4.69, 9.17) is 9.84 Å². The van der Waals surface area contributed by atoms with Crippen molar-refractivity contribution in [3.8, 4) is 22.6 Å². The first-order valence-electron chi connectivity index (χ1n) is 13.3. The van der Waals surface area contributed by atoms with Crippen molar-refractivity contribution in [3.05, 3.63) is 90.1 Å². The summed E-state index contributed by atoms with van der Waals surface area (Å²) in [4.78, 5) is 27.9.